The molecule has 0 aliphatic rings. The van der Waals surface area contributed by atoms with Crippen LogP contribution in [0.1, 0.15) is 24.5 Å². The van der Waals surface area contributed by atoms with Crippen LogP contribution < -0.4 is 14.9 Å². The highest BCUT2D eigenvalue weighted by Crippen LogP contribution is 2.24. The molecule has 0 bridgehead atoms. The number of nitrogens with zero attached hydrogens (tertiary/aromatic N) is 1. The molecule has 6 heteroatoms. The summed E-state index contributed by atoms with van der Waals surface area (Å²) < 4.78 is 8.40. The van der Waals surface area contributed by atoms with Gasteiger partial charge >= 0.3 is 4.87 Å². The number of hydrogen-bond acceptors (Lipinski definition) is 4. The fourth-order valence-electron chi connectivity index (χ4n) is 2.76. The van der Waals surface area contributed by atoms with E-state index >= 15 is 0 Å². The number of aryl methyl sites for hydroxylation is 2. The smallest absolute Gasteiger partial charge is 0.307 e. The third-order valence-electron chi connectivity index (χ3n) is 4.55. The van der Waals surface area contributed by atoms with Crippen molar-refractivity contribution in [1.29, 1.82) is 0 Å². The Morgan fingerprint density at radius 2 is 2.04 bits per heavy atom. The molecule has 1 heterocycles. The van der Waals surface area contributed by atoms with Crippen molar-refractivity contribution in [2.45, 2.75) is 33.3 Å². The van der Waals surface area contributed by atoms with Crippen LogP contribution in [0.5, 0.6) is 5.75 Å². The van der Waals surface area contributed by atoms with Crippen LogP contribution in [-0.2, 0) is 11.8 Å². The van der Waals surface area contributed by atoms with Gasteiger partial charge in [-0.05, 0) is 55.7 Å². The Morgan fingerprint density at radius 1 is 1.27 bits per heavy atom. The molecule has 1 atom stereocenters. The van der Waals surface area contributed by atoms with E-state index < -0.39 is 6.10 Å². The Kier molecular flexibility index (Phi) is 5.13. The number of hydrogen-bond donors (Lipinski definition) is 1. The molecular weight excluding hydrogens is 348 g/mol. The van der Waals surface area contributed by atoms with E-state index in [0.29, 0.717) is 12.1 Å². The summed E-state index contributed by atoms with van der Waals surface area (Å²) in [7, 11) is 1.74. The third kappa shape index (κ3) is 3.51. The molecule has 0 saturated heterocycles. The zero-order valence-electron chi connectivity index (χ0n) is 15.3. The first-order valence-corrected chi connectivity index (χ1v) is 9.35. The van der Waals surface area contributed by atoms with E-state index in [0.717, 1.165) is 27.1 Å². The van der Waals surface area contributed by atoms with Gasteiger partial charge < -0.3 is 14.6 Å². The number of anilines is 1. The van der Waals surface area contributed by atoms with Crippen molar-refractivity contribution in [3.63, 3.8) is 0 Å². The highest BCUT2D eigenvalue weighted by molar-refractivity contribution is 7.16. The Morgan fingerprint density at radius 3 is 2.77 bits per heavy atom. The van der Waals surface area contributed by atoms with E-state index in [-0.39, 0.29) is 10.8 Å². The molecule has 26 heavy (non-hydrogen) atoms. The Bertz CT molecular complexity index is 1020. The van der Waals surface area contributed by atoms with Gasteiger partial charge in [0.1, 0.15) is 5.75 Å². The summed E-state index contributed by atoms with van der Waals surface area (Å²) in [6.07, 6.45) is -0.0270. The molecule has 0 saturated carbocycles. The normalized spacial score (nSPS) is 12.2. The van der Waals surface area contributed by atoms with Gasteiger partial charge in [0.05, 0.1) is 10.2 Å². The van der Waals surface area contributed by atoms with Crippen LogP contribution in [-0.4, -0.2) is 16.6 Å². The van der Waals surface area contributed by atoms with Crippen LogP contribution in [0.4, 0.5) is 5.69 Å². The fraction of sp³-hybridized carbons (Fsp3) is 0.300. The van der Waals surface area contributed by atoms with Crippen LogP contribution >= 0.6 is 11.3 Å². The number of fused-ring (bicyclic) bond motifs is 1. The molecule has 3 aromatic rings. The molecule has 0 radical (unpaired) electrons. The lowest BCUT2D eigenvalue weighted by Crippen LogP contribution is -2.32. The zero-order chi connectivity index (χ0) is 18.8. The summed E-state index contributed by atoms with van der Waals surface area (Å²) in [5.74, 6) is 0.528. The van der Waals surface area contributed by atoms with Crippen molar-refractivity contribution in [1.82, 2.24) is 4.57 Å². The topological polar surface area (TPSA) is 60.3 Å². The van der Waals surface area contributed by atoms with Crippen molar-refractivity contribution in [2.24, 2.45) is 7.05 Å². The highest BCUT2D eigenvalue weighted by Gasteiger charge is 2.20. The fourth-order valence-corrected chi connectivity index (χ4v) is 3.68. The van der Waals surface area contributed by atoms with Crippen molar-refractivity contribution in [2.75, 3.05) is 5.32 Å². The number of thiazole rings is 1. The quantitative estimate of drug-likeness (QED) is 0.738. The van der Waals surface area contributed by atoms with Gasteiger partial charge in [-0.1, -0.05) is 30.4 Å². The largest absolute Gasteiger partial charge is 0.480 e. The second-order valence-corrected chi connectivity index (χ2v) is 7.30. The average molecular weight is 370 g/mol. The predicted molar refractivity (Wildman–Crippen MR) is 106 cm³/mol. The van der Waals surface area contributed by atoms with Crippen molar-refractivity contribution in [3.05, 3.63) is 57.2 Å². The SMILES string of the molecule is CC[C@@H](Oc1cccc(C)c1C)C(=O)Nc1ccc2c(c1)sc(=O)n2C. The van der Waals surface area contributed by atoms with Crippen LogP contribution in [0.3, 0.4) is 0 Å². The second-order valence-electron chi connectivity index (χ2n) is 6.31. The van der Waals surface area contributed by atoms with Gasteiger partial charge in [0, 0.05) is 12.7 Å². The second kappa shape index (κ2) is 7.33. The number of rotatable bonds is 5. The van der Waals surface area contributed by atoms with E-state index in [9.17, 15) is 9.59 Å². The van der Waals surface area contributed by atoms with Gasteiger partial charge in [-0.25, -0.2) is 0 Å². The molecule has 2 aromatic carbocycles. The van der Waals surface area contributed by atoms with Gasteiger partial charge in [0.25, 0.3) is 5.91 Å². The number of carbonyl (C=O) groups is 1. The number of carbonyl (C=O) groups excluding carboxylic acids is 1. The standard InChI is InChI=1S/C20H22N2O3S/c1-5-16(25-17-8-6-7-12(2)13(17)3)19(23)21-14-9-10-15-18(11-14)26-20(24)22(15)4/h6-11,16H,5H2,1-4H3,(H,21,23)/t16-/m1/s1. The summed E-state index contributed by atoms with van der Waals surface area (Å²) >= 11 is 1.17. The van der Waals surface area contributed by atoms with Crippen LogP contribution in [0.2, 0.25) is 0 Å². The number of nitrogens with one attached hydrogen (secondary N) is 1. The number of benzene rings is 2. The van der Waals surface area contributed by atoms with Gasteiger partial charge in [-0.15, -0.1) is 0 Å². The zero-order valence-corrected chi connectivity index (χ0v) is 16.1. The van der Waals surface area contributed by atoms with Crippen molar-refractivity contribution >= 4 is 33.1 Å². The Labute approximate surface area is 156 Å². The molecule has 136 valence electrons. The molecule has 1 N–H and O–H groups in total. The summed E-state index contributed by atoms with van der Waals surface area (Å²) in [6.45, 7) is 5.92. The molecule has 1 amide bonds. The molecule has 3 rings (SSSR count). The number of aromatic nitrogens is 1. The summed E-state index contributed by atoms with van der Waals surface area (Å²) in [5, 5.41) is 2.90. The molecule has 0 aliphatic carbocycles. The Balaban J connectivity index is 1.79. The molecule has 5 nitrogen and oxygen atoms in total. The van der Waals surface area contributed by atoms with E-state index in [4.69, 9.17) is 4.74 Å². The lowest BCUT2D eigenvalue weighted by atomic mass is 10.1. The third-order valence-corrected chi connectivity index (χ3v) is 5.54. The minimum Gasteiger partial charge on any atom is -0.480 e. The van der Waals surface area contributed by atoms with E-state index in [1.54, 1.807) is 17.7 Å². The molecule has 0 unspecified atom stereocenters. The van der Waals surface area contributed by atoms with E-state index in [2.05, 4.69) is 5.32 Å². The monoisotopic (exact) mass is 370 g/mol. The number of ether oxygens (including phenoxy) is 1. The van der Waals surface area contributed by atoms with E-state index in [1.165, 1.54) is 11.3 Å². The minimum absolute atomic E-state index is 0.0202. The van der Waals surface area contributed by atoms with Crippen molar-refractivity contribution < 1.29 is 9.53 Å². The molecule has 1 aromatic heterocycles. The first-order chi connectivity index (χ1) is 12.4. The maximum Gasteiger partial charge on any atom is 0.307 e. The minimum atomic E-state index is -0.583. The summed E-state index contributed by atoms with van der Waals surface area (Å²) in [4.78, 5) is 24.4. The van der Waals surface area contributed by atoms with Crippen LogP contribution in [0.25, 0.3) is 10.2 Å². The van der Waals surface area contributed by atoms with Gasteiger partial charge in [-0.3, -0.25) is 9.59 Å². The highest BCUT2D eigenvalue weighted by atomic mass is 32.1. The van der Waals surface area contributed by atoms with Gasteiger partial charge in [0.2, 0.25) is 0 Å². The average Bonchev–Trinajstić information content (AvgIpc) is 2.90. The molecule has 0 fully saturated rings. The van der Waals surface area contributed by atoms with Crippen LogP contribution in [0.15, 0.2) is 41.2 Å². The first-order valence-electron chi connectivity index (χ1n) is 8.54. The van der Waals surface area contributed by atoms with Crippen molar-refractivity contribution in [3.8, 4) is 5.75 Å². The Hall–Kier alpha value is -2.60. The van der Waals surface area contributed by atoms with Gasteiger partial charge in [-0.2, -0.15) is 0 Å². The molecule has 0 spiro atoms. The molecular formula is C20H22N2O3S. The maximum absolute atomic E-state index is 12.7. The molecule has 0 aliphatic heterocycles. The van der Waals surface area contributed by atoms with Crippen LogP contribution in [0, 0.1) is 13.8 Å². The number of amides is 1. The summed E-state index contributed by atoms with van der Waals surface area (Å²) in [5.41, 5.74) is 3.68. The van der Waals surface area contributed by atoms with Gasteiger partial charge in [0.15, 0.2) is 6.10 Å². The predicted octanol–water partition coefficient (Wildman–Crippen LogP) is 4.01. The first kappa shape index (κ1) is 18.2. The lowest BCUT2D eigenvalue weighted by molar-refractivity contribution is -0.122. The summed E-state index contributed by atoms with van der Waals surface area (Å²) in [6, 6.07) is 11.3. The van der Waals surface area contributed by atoms with E-state index in [1.807, 2.05) is 51.1 Å². The maximum atomic E-state index is 12.7. The lowest BCUT2D eigenvalue weighted by Gasteiger charge is -2.19.